The maximum Gasteiger partial charge on any atom is 0.225 e. The molecule has 23 heavy (non-hydrogen) atoms. The fourth-order valence-electron chi connectivity index (χ4n) is 2.02. The summed E-state index contributed by atoms with van der Waals surface area (Å²) in [4.78, 5) is 14.2. The van der Waals surface area contributed by atoms with Crippen molar-refractivity contribution in [2.75, 3.05) is 53.3 Å². The third kappa shape index (κ3) is 7.07. The Morgan fingerprint density at radius 3 is 2.48 bits per heavy atom. The second-order valence-corrected chi connectivity index (χ2v) is 5.80. The molecule has 0 spiro atoms. The number of ether oxygens (including phenoxy) is 2. The zero-order valence-electron chi connectivity index (χ0n) is 14.2. The second-order valence-electron chi connectivity index (χ2n) is 5.39. The Labute approximate surface area is 143 Å². The maximum absolute atomic E-state index is 12.0. The molecule has 0 aliphatic rings. The molecule has 0 heterocycles. The van der Waals surface area contributed by atoms with E-state index in [-0.39, 0.29) is 5.91 Å². The molecule has 0 fully saturated rings. The van der Waals surface area contributed by atoms with E-state index in [2.05, 4.69) is 15.5 Å². The van der Waals surface area contributed by atoms with Gasteiger partial charge in [0, 0.05) is 25.1 Å². The van der Waals surface area contributed by atoms with E-state index >= 15 is 0 Å². The molecule has 0 aromatic heterocycles. The quantitative estimate of drug-likeness (QED) is 0.638. The lowest BCUT2D eigenvalue weighted by molar-refractivity contribution is -0.116. The normalized spacial score (nSPS) is 10.7. The Bertz CT molecular complexity index is 510. The summed E-state index contributed by atoms with van der Waals surface area (Å²) in [5, 5.41) is 6.51. The van der Waals surface area contributed by atoms with Gasteiger partial charge in [0.2, 0.25) is 5.91 Å². The van der Waals surface area contributed by atoms with Crippen molar-refractivity contribution in [1.82, 2.24) is 10.2 Å². The van der Waals surface area contributed by atoms with Crippen molar-refractivity contribution in [1.29, 1.82) is 0 Å². The van der Waals surface area contributed by atoms with E-state index < -0.39 is 0 Å². The van der Waals surface area contributed by atoms with Gasteiger partial charge >= 0.3 is 0 Å². The molecular weight excluding hydrogens is 318 g/mol. The first-order valence-corrected chi connectivity index (χ1v) is 7.92. The van der Waals surface area contributed by atoms with E-state index in [4.69, 9.17) is 21.1 Å². The van der Waals surface area contributed by atoms with Gasteiger partial charge in [-0.1, -0.05) is 11.6 Å². The summed E-state index contributed by atoms with van der Waals surface area (Å²) in [7, 11) is 7.14. The minimum absolute atomic E-state index is 0.0900. The number of benzene rings is 1. The predicted molar refractivity (Wildman–Crippen MR) is 93.8 cm³/mol. The molecule has 0 unspecified atom stereocenters. The van der Waals surface area contributed by atoms with E-state index in [0.717, 1.165) is 19.5 Å². The summed E-state index contributed by atoms with van der Waals surface area (Å²) in [6.07, 6.45) is 1.44. The van der Waals surface area contributed by atoms with Gasteiger partial charge in [0.05, 0.1) is 24.9 Å². The van der Waals surface area contributed by atoms with Crippen LogP contribution in [-0.4, -0.2) is 58.8 Å². The lowest BCUT2D eigenvalue weighted by Crippen LogP contribution is -2.25. The summed E-state index contributed by atoms with van der Waals surface area (Å²) in [5.74, 6) is 0.903. The predicted octanol–water partition coefficient (Wildman–Crippen LogP) is 2.23. The molecule has 2 N–H and O–H groups in total. The molecule has 1 aromatic rings. The Morgan fingerprint density at radius 1 is 1.17 bits per heavy atom. The van der Waals surface area contributed by atoms with Crippen molar-refractivity contribution in [3.63, 3.8) is 0 Å². The van der Waals surface area contributed by atoms with Gasteiger partial charge < -0.3 is 25.0 Å². The first-order valence-electron chi connectivity index (χ1n) is 7.54. The van der Waals surface area contributed by atoms with Gasteiger partial charge in [-0.3, -0.25) is 4.79 Å². The average molecular weight is 344 g/mol. The van der Waals surface area contributed by atoms with Crippen LogP contribution in [0.2, 0.25) is 5.02 Å². The maximum atomic E-state index is 12.0. The third-order valence-corrected chi connectivity index (χ3v) is 3.53. The summed E-state index contributed by atoms with van der Waals surface area (Å²) in [5.41, 5.74) is 0.548. The van der Waals surface area contributed by atoms with Gasteiger partial charge in [-0.25, -0.2) is 0 Å². The Balaban J connectivity index is 2.44. The molecule has 0 aliphatic carbocycles. The van der Waals surface area contributed by atoms with Gasteiger partial charge in [0.1, 0.15) is 11.5 Å². The SMILES string of the molecule is COc1cc(NC(=O)CCNCCCN(C)C)c(OC)cc1Cl. The fourth-order valence-corrected chi connectivity index (χ4v) is 2.25. The molecule has 0 radical (unpaired) electrons. The number of hydrogen-bond acceptors (Lipinski definition) is 5. The number of amides is 1. The first-order chi connectivity index (χ1) is 11.0. The minimum atomic E-state index is -0.0900. The highest BCUT2D eigenvalue weighted by Gasteiger charge is 2.12. The minimum Gasteiger partial charge on any atom is -0.495 e. The van der Waals surface area contributed by atoms with Crippen molar-refractivity contribution in [2.45, 2.75) is 12.8 Å². The van der Waals surface area contributed by atoms with Crippen LogP contribution in [0.1, 0.15) is 12.8 Å². The largest absolute Gasteiger partial charge is 0.495 e. The standard InChI is InChI=1S/C16H26ClN3O3/c1-20(2)9-5-7-18-8-6-16(21)19-13-11-14(22-3)12(17)10-15(13)23-4/h10-11,18H,5-9H2,1-4H3,(H,19,21). The van der Waals surface area contributed by atoms with Crippen LogP contribution in [0.15, 0.2) is 12.1 Å². The number of carbonyl (C=O) groups is 1. The number of hydrogen-bond donors (Lipinski definition) is 2. The number of nitrogens with zero attached hydrogens (tertiary/aromatic N) is 1. The van der Waals surface area contributed by atoms with Crippen molar-refractivity contribution in [3.05, 3.63) is 17.2 Å². The first kappa shape index (κ1) is 19.5. The van der Waals surface area contributed by atoms with Gasteiger partial charge in [-0.2, -0.15) is 0 Å². The van der Waals surface area contributed by atoms with Crippen molar-refractivity contribution in [3.8, 4) is 11.5 Å². The fraction of sp³-hybridized carbons (Fsp3) is 0.562. The zero-order chi connectivity index (χ0) is 17.2. The van der Waals surface area contributed by atoms with Gasteiger partial charge in [-0.05, 0) is 33.6 Å². The van der Waals surface area contributed by atoms with E-state index in [1.807, 2.05) is 14.1 Å². The average Bonchev–Trinajstić information content (AvgIpc) is 2.51. The van der Waals surface area contributed by atoms with Crippen LogP contribution in [0.5, 0.6) is 11.5 Å². The smallest absolute Gasteiger partial charge is 0.225 e. The highest BCUT2D eigenvalue weighted by molar-refractivity contribution is 6.32. The number of carbonyl (C=O) groups excluding carboxylic acids is 1. The molecule has 0 atom stereocenters. The number of anilines is 1. The van der Waals surface area contributed by atoms with Crippen molar-refractivity contribution < 1.29 is 14.3 Å². The van der Waals surface area contributed by atoms with E-state index in [1.165, 1.54) is 14.2 Å². The molecule has 7 heteroatoms. The molecule has 0 saturated heterocycles. The summed E-state index contributed by atoms with van der Waals surface area (Å²) < 4.78 is 10.4. The number of halogens is 1. The molecule has 130 valence electrons. The monoisotopic (exact) mass is 343 g/mol. The number of methoxy groups -OCH3 is 2. The van der Waals surface area contributed by atoms with Gasteiger partial charge in [-0.15, -0.1) is 0 Å². The lowest BCUT2D eigenvalue weighted by Gasteiger charge is -2.13. The molecule has 1 aromatic carbocycles. The summed E-state index contributed by atoms with van der Waals surface area (Å²) in [6, 6.07) is 3.28. The lowest BCUT2D eigenvalue weighted by atomic mass is 10.2. The zero-order valence-corrected chi connectivity index (χ0v) is 15.0. The molecule has 0 aliphatic heterocycles. The molecule has 6 nitrogen and oxygen atoms in total. The molecule has 1 rings (SSSR count). The van der Waals surface area contributed by atoms with Crippen LogP contribution in [0, 0.1) is 0 Å². The van der Waals surface area contributed by atoms with Crippen LogP contribution < -0.4 is 20.1 Å². The molecule has 0 bridgehead atoms. The van der Waals surface area contributed by atoms with Crippen LogP contribution >= 0.6 is 11.6 Å². The topological polar surface area (TPSA) is 62.8 Å². The highest BCUT2D eigenvalue weighted by atomic mass is 35.5. The summed E-state index contributed by atoms with van der Waals surface area (Å²) >= 11 is 6.04. The van der Waals surface area contributed by atoms with E-state index in [0.29, 0.717) is 35.2 Å². The van der Waals surface area contributed by atoms with Gasteiger partial charge in [0.15, 0.2) is 0 Å². The van der Waals surface area contributed by atoms with Crippen LogP contribution in [0.4, 0.5) is 5.69 Å². The van der Waals surface area contributed by atoms with Crippen molar-refractivity contribution in [2.24, 2.45) is 0 Å². The molecular formula is C16H26ClN3O3. The Kier molecular flexibility index (Phi) is 8.76. The number of rotatable bonds is 10. The van der Waals surface area contributed by atoms with Crippen LogP contribution in [-0.2, 0) is 4.79 Å². The second kappa shape index (κ2) is 10.3. The highest BCUT2D eigenvalue weighted by Crippen LogP contribution is 2.35. The number of nitrogens with one attached hydrogen (secondary N) is 2. The van der Waals surface area contributed by atoms with Crippen LogP contribution in [0.3, 0.4) is 0 Å². The van der Waals surface area contributed by atoms with Crippen molar-refractivity contribution >= 4 is 23.2 Å². The van der Waals surface area contributed by atoms with E-state index in [1.54, 1.807) is 12.1 Å². The third-order valence-electron chi connectivity index (χ3n) is 3.24. The van der Waals surface area contributed by atoms with E-state index in [9.17, 15) is 4.79 Å². The molecule has 1 amide bonds. The summed E-state index contributed by atoms with van der Waals surface area (Å²) in [6.45, 7) is 2.55. The Hall–Kier alpha value is -1.50. The van der Waals surface area contributed by atoms with Crippen LogP contribution in [0.25, 0.3) is 0 Å². The Morgan fingerprint density at radius 2 is 1.87 bits per heavy atom. The van der Waals surface area contributed by atoms with Gasteiger partial charge in [0.25, 0.3) is 0 Å². The molecule has 0 saturated carbocycles.